The second-order valence-electron chi connectivity index (χ2n) is 3.18. The molecule has 0 nitrogen and oxygen atoms in total. The van der Waals surface area contributed by atoms with Crippen LogP contribution in [-0.2, 0) is 6.42 Å². The number of halogens is 1. The van der Waals surface area contributed by atoms with Crippen LogP contribution < -0.4 is 0 Å². The first-order valence-corrected chi connectivity index (χ1v) is 7.91. The van der Waals surface area contributed by atoms with Crippen LogP contribution in [0.15, 0.2) is 30.3 Å². The summed E-state index contributed by atoms with van der Waals surface area (Å²) in [5, 5.41) is 0. The molecule has 2 heteroatoms. The highest BCUT2D eigenvalue weighted by atomic mass is 35.6. The van der Waals surface area contributed by atoms with E-state index in [4.69, 9.17) is 11.1 Å². The van der Waals surface area contributed by atoms with E-state index in [9.17, 15) is 0 Å². The van der Waals surface area contributed by atoms with Crippen molar-refractivity contribution in [1.82, 2.24) is 0 Å². The molecular formula is C11H14ClSi. The molecule has 1 aliphatic carbocycles. The topological polar surface area (TPSA) is 0 Å². The van der Waals surface area contributed by atoms with E-state index in [-0.39, 0.29) is 0 Å². The van der Waals surface area contributed by atoms with Crippen LogP contribution in [0.3, 0.4) is 0 Å². The first kappa shape index (κ1) is 10.5. The van der Waals surface area contributed by atoms with Crippen molar-refractivity contribution in [3.05, 3.63) is 41.5 Å². The van der Waals surface area contributed by atoms with Gasteiger partial charge in [0.2, 0.25) is 0 Å². The standard InChI is InChI=1S/C9H8.C2H6ClSi/c1-2-5-9-7-3-6-8(9)4-1;1-4(2)3/h1-6H,7H2;1-2H3. The number of hydrogen-bond donors (Lipinski definition) is 0. The van der Waals surface area contributed by atoms with Crippen LogP contribution in [0.1, 0.15) is 11.1 Å². The quantitative estimate of drug-likeness (QED) is 0.451. The molecule has 0 heterocycles. The normalized spacial score (nSPS) is 12.3. The van der Waals surface area contributed by atoms with Crippen LogP contribution in [0.25, 0.3) is 6.08 Å². The van der Waals surface area contributed by atoms with Gasteiger partial charge in [0.15, 0.2) is 8.11 Å². The molecule has 13 heavy (non-hydrogen) atoms. The first-order chi connectivity index (χ1) is 6.20. The molecule has 1 aromatic carbocycles. The molecule has 1 aromatic rings. The molecule has 2 rings (SSSR count). The van der Waals surface area contributed by atoms with Crippen molar-refractivity contribution in [1.29, 1.82) is 0 Å². The smallest absolute Gasteiger partial charge is 0.158 e. The van der Waals surface area contributed by atoms with Crippen molar-refractivity contribution in [3.63, 3.8) is 0 Å². The summed E-state index contributed by atoms with van der Waals surface area (Å²) in [6.07, 6.45) is 5.50. The highest BCUT2D eigenvalue weighted by Gasteiger charge is 2.00. The third kappa shape index (κ3) is 3.79. The molecule has 0 aromatic heterocycles. The van der Waals surface area contributed by atoms with E-state index in [1.54, 1.807) is 0 Å². The Morgan fingerprint density at radius 1 is 1.23 bits per heavy atom. The number of fused-ring (bicyclic) bond motifs is 1. The molecule has 0 aliphatic heterocycles. The number of hydrogen-bond acceptors (Lipinski definition) is 0. The molecule has 0 saturated heterocycles. The minimum Gasteiger partial charge on any atom is -0.170 e. The Morgan fingerprint density at radius 2 is 1.85 bits per heavy atom. The minimum atomic E-state index is -0.407. The van der Waals surface area contributed by atoms with Gasteiger partial charge in [0.1, 0.15) is 0 Å². The summed E-state index contributed by atoms with van der Waals surface area (Å²) in [6.45, 7) is 4.07. The van der Waals surface area contributed by atoms with Gasteiger partial charge in [-0.05, 0) is 17.5 Å². The fraction of sp³-hybridized carbons (Fsp3) is 0.273. The van der Waals surface area contributed by atoms with Gasteiger partial charge in [0.25, 0.3) is 0 Å². The molecule has 0 bridgehead atoms. The number of benzene rings is 1. The number of rotatable bonds is 0. The molecule has 0 atom stereocenters. The second kappa shape index (κ2) is 5.25. The Kier molecular flexibility index (Phi) is 4.26. The van der Waals surface area contributed by atoms with Gasteiger partial charge < -0.3 is 0 Å². The zero-order valence-electron chi connectivity index (χ0n) is 8.05. The van der Waals surface area contributed by atoms with Gasteiger partial charge in [-0.3, -0.25) is 0 Å². The van der Waals surface area contributed by atoms with Crippen molar-refractivity contribution in [2.45, 2.75) is 19.5 Å². The average molecular weight is 210 g/mol. The SMILES string of the molecule is C1=Cc2ccccc2C1.C[Si](C)Cl. The van der Waals surface area contributed by atoms with E-state index in [0.29, 0.717) is 0 Å². The Balaban J connectivity index is 0.000000184. The van der Waals surface area contributed by atoms with E-state index in [2.05, 4.69) is 36.4 Å². The van der Waals surface area contributed by atoms with E-state index in [1.807, 2.05) is 13.1 Å². The van der Waals surface area contributed by atoms with E-state index in [0.717, 1.165) is 6.42 Å². The molecule has 0 N–H and O–H groups in total. The van der Waals surface area contributed by atoms with Crippen molar-refractivity contribution in [2.75, 3.05) is 0 Å². The maximum Gasteiger partial charge on any atom is 0.158 e. The lowest BCUT2D eigenvalue weighted by atomic mass is 10.1. The van der Waals surface area contributed by atoms with E-state index < -0.39 is 8.11 Å². The van der Waals surface area contributed by atoms with Crippen LogP contribution in [0.2, 0.25) is 13.1 Å². The maximum atomic E-state index is 5.38. The molecule has 1 aliphatic rings. The van der Waals surface area contributed by atoms with Crippen molar-refractivity contribution >= 4 is 25.3 Å². The summed E-state index contributed by atoms with van der Waals surface area (Å²) in [6, 6.07) is 8.49. The van der Waals surface area contributed by atoms with Gasteiger partial charge in [0.05, 0.1) is 0 Å². The Labute approximate surface area is 86.6 Å². The van der Waals surface area contributed by atoms with Crippen LogP contribution in [0, 0.1) is 0 Å². The molecular weight excluding hydrogens is 196 g/mol. The predicted octanol–water partition coefficient (Wildman–Crippen LogP) is 3.73. The summed E-state index contributed by atoms with van der Waals surface area (Å²) >= 11 is 5.38. The first-order valence-electron chi connectivity index (χ1n) is 4.40. The summed E-state index contributed by atoms with van der Waals surface area (Å²) < 4.78 is 0. The summed E-state index contributed by atoms with van der Waals surface area (Å²) in [5.74, 6) is 0. The van der Waals surface area contributed by atoms with Gasteiger partial charge in [-0.15, -0.1) is 0 Å². The zero-order valence-corrected chi connectivity index (χ0v) is 9.81. The lowest BCUT2D eigenvalue weighted by Gasteiger charge is -1.93. The molecule has 0 amide bonds. The van der Waals surface area contributed by atoms with E-state index in [1.165, 1.54) is 11.1 Å². The van der Waals surface area contributed by atoms with Gasteiger partial charge in [-0.2, -0.15) is 11.1 Å². The third-order valence-corrected chi connectivity index (χ3v) is 1.69. The average Bonchev–Trinajstić information content (AvgIpc) is 2.49. The van der Waals surface area contributed by atoms with Gasteiger partial charge >= 0.3 is 0 Å². The lowest BCUT2D eigenvalue weighted by Crippen LogP contribution is -1.78. The van der Waals surface area contributed by atoms with Crippen molar-refractivity contribution in [2.24, 2.45) is 0 Å². The molecule has 1 radical (unpaired) electrons. The fourth-order valence-electron chi connectivity index (χ4n) is 1.20. The Bertz CT molecular complexity index is 289. The monoisotopic (exact) mass is 209 g/mol. The largest absolute Gasteiger partial charge is 0.170 e. The molecule has 0 spiro atoms. The van der Waals surface area contributed by atoms with Crippen LogP contribution in [-0.4, -0.2) is 8.11 Å². The summed E-state index contributed by atoms with van der Waals surface area (Å²) in [4.78, 5) is 0. The maximum absolute atomic E-state index is 5.38. The highest BCUT2D eigenvalue weighted by Crippen LogP contribution is 2.17. The summed E-state index contributed by atoms with van der Waals surface area (Å²) in [7, 11) is -0.407. The summed E-state index contributed by atoms with van der Waals surface area (Å²) in [5.41, 5.74) is 2.84. The fourth-order valence-corrected chi connectivity index (χ4v) is 1.20. The highest BCUT2D eigenvalue weighted by molar-refractivity contribution is 7.05. The van der Waals surface area contributed by atoms with Crippen molar-refractivity contribution in [3.8, 4) is 0 Å². The van der Waals surface area contributed by atoms with Crippen LogP contribution >= 0.6 is 11.1 Å². The van der Waals surface area contributed by atoms with Gasteiger partial charge in [-0.25, -0.2) is 0 Å². The number of allylic oxidation sites excluding steroid dienone is 1. The van der Waals surface area contributed by atoms with Gasteiger partial charge in [0, 0.05) is 0 Å². The van der Waals surface area contributed by atoms with Crippen LogP contribution in [0.4, 0.5) is 0 Å². The third-order valence-electron chi connectivity index (χ3n) is 1.69. The Morgan fingerprint density at radius 3 is 2.46 bits per heavy atom. The second-order valence-corrected chi connectivity index (χ2v) is 7.21. The lowest BCUT2D eigenvalue weighted by molar-refractivity contribution is 1.31. The van der Waals surface area contributed by atoms with E-state index >= 15 is 0 Å². The molecule has 0 unspecified atom stereocenters. The predicted molar refractivity (Wildman–Crippen MR) is 62.5 cm³/mol. The molecule has 0 saturated carbocycles. The Hall–Kier alpha value is -0.533. The minimum absolute atomic E-state index is 0.407. The van der Waals surface area contributed by atoms with Crippen LogP contribution in [0.5, 0.6) is 0 Å². The molecule has 0 fully saturated rings. The van der Waals surface area contributed by atoms with Crippen molar-refractivity contribution < 1.29 is 0 Å². The zero-order chi connectivity index (χ0) is 9.68. The molecule has 69 valence electrons. The van der Waals surface area contributed by atoms with Gasteiger partial charge in [-0.1, -0.05) is 49.5 Å².